The molecule has 0 saturated carbocycles. The molecular weight excluding hydrogens is 252 g/mol. The number of sulfone groups is 1. The fourth-order valence-electron chi connectivity index (χ4n) is 2.98. The van der Waals surface area contributed by atoms with E-state index in [1.807, 2.05) is 0 Å². The van der Waals surface area contributed by atoms with Crippen LogP contribution in [0.5, 0.6) is 0 Å². The van der Waals surface area contributed by atoms with Gasteiger partial charge in [0, 0.05) is 19.6 Å². The molecule has 2 aliphatic heterocycles. The normalized spacial score (nSPS) is 31.5. The SMILES string of the molecule is CCCC1(C(=O)N2CCS(=O)(=O)CC2)CCNC1. The van der Waals surface area contributed by atoms with Crippen molar-refractivity contribution < 1.29 is 13.2 Å². The third kappa shape index (κ3) is 2.69. The minimum absolute atomic E-state index is 0.119. The van der Waals surface area contributed by atoms with Crippen LogP contribution < -0.4 is 5.32 Å². The van der Waals surface area contributed by atoms with Gasteiger partial charge in [-0.1, -0.05) is 13.3 Å². The van der Waals surface area contributed by atoms with Gasteiger partial charge in [0.15, 0.2) is 9.84 Å². The third-order valence-electron chi connectivity index (χ3n) is 4.06. The van der Waals surface area contributed by atoms with Crippen molar-refractivity contribution in [3.63, 3.8) is 0 Å². The van der Waals surface area contributed by atoms with Crippen molar-refractivity contribution in [2.75, 3.05) is 37.7 Å². The van der Waals surface area contributed by atoms with Crippen molar-refractivity contribution in [1.29, 1.82) is 0 Å². The van der Waals surface area contributed by atoms with Gasteiger partial charge in [0.2, 0.25) is 5.91 Å². The fraction of sp³-hybridized carbons (Fsp3) is 0.917. The first-order valence-corrected chi connectivity index (χ1v) is 8.52. The summed E-state index contributed by atoms with van der Waals surface area (Å²) in [4.78, 5) is 14.4. The fourth-order valence-corrected chi connectivity index (χ4v) is 4.18. The Balaban J connectivity index is 2.06. The largest absolute Gasteiger partial charge is 0.340 e. The third-order valence-corrected chi connectivity index (χ3v) is 5.67. The van der Waals surface area contributed by atoms with Gasteiger partial charge in [-0.25, -0.2) is 8.42 Å². The molecule has 0 aromatic rings. The predicted octanol–water partition coefficient (Wildman–Crippen LogP) is 0.0232. The van der Waals surface area contributed by atoms with Crippen LogP contribution in [0.25, 0.3) is 0 Å². The number of nitrogens with one attached hydrogen (secondary N) is 1. The topological polar surface area (TPSA) is 66.5 Å². The van der Waals surface area contributed by atoms with E-state index in [1.54, 1.807) is 4.90 Å². The summed E-state index contributed by atoms with van der Waals surface area (Å²) < 4.78 is 22.8. The summed E-state index contributed by atoms with van der Waals surface area (Å²) in [7, 11) is -2.91. The van der Waals surface area contributed by atoms with Gasteiger partial charge in [-0.3, -0.25) is 4.79 Å². The molecule has 1 amide bonds. The Morgan fingerprint density at radius 2 is 2.00 bits per heavy atom. The van der Waals surface area contributed by atoms with Crippen LogP contribution in [-0.4, -0.2) is 56.9 Å². The minimum Gasteiger partial charge on any atom is -0.340 e. The van der Waals surface area contributed by atoms with Crippen LogP contribution in [0.15, 0.2) is 0 Å². The smallest absolute Gasteiger partial charge is 0.230 e. The second kappa shape index (κ2) is 5.17. The zero-order valence-electron chi connectivity index (χ0n) is 10.9. The van der Waals surface area contributed by atoms with E-state index in [1.165, 1.54) is 0 Å². The van der Waals surface area contributed by atoms with Crippen LogP contribution in [0.3, 0.4) is 0 Å². The quantitative estimate of drug-likeness (QED) is 0.788. The average Bonchev–Trinajstić information content (AvgIpc) is 2.78. The van der Waals surface area contributed by atoms with Gasteiger partial charge in [0.25, 0.3) is 0 Å². The lowest BCUT2D eigenvalue weighted by molar-refractivity contribution is -0.141. The van der Waals surface area contributed by atoms with Crippen molar-refractivity contribution >= 4 is 15.7 Å². The summed E-state index contributed by atoms with van der Waals surface area (Å²) in [6.45, 7) is 4.45. The Morgan fingerprint density at radius 3 is 2.50 bits per heavy atom. The Morgan fingerprint density at radius 1 is 1.33 bits per heavy atom. The van der Waals surface area contributed by atoms with E-state index >= 15 is 0 Å². The molecule has 1 atom stereocenters. The van der Waals surface area contributed by atoms with E-state index in [0.717, 1.165) is 32.4 Å². The van der Waals surface area contributed by atoms with Crippen LogP contribution in [0.4, 0.5) is 0 Å². The number of rotatable bonds is 3. The second-order valence-corrected chi connectivity index (χ2v) is 7.70. The maximum atomic E-state index is 12.6. The molecular formula is C12H22N2O3S. The molecule has 2 aliphatic rings. The molecule has 0 spiro atoms. The molecule has 1 unspecified atom stereocenters. The first kappa shape index (κ1) is 13.8. The summed E-state index contributed by atoms with van der Waals surface area (Å²) >= 11 is 0. The highest BCUT2D eigenvalue weighted by Gasteiger charge is 2.43. The molecule has 0 aromatic carbocycles. The van der Waals surface area contributed by atoms with Gasteiger partial charge in [0.1, 0.15) is 0 Å². The minimum atomic E-state index is -2.91. The van der Waals surface area contributed by atoms with Crippen LogP contribution in [0, 0.1) is 5.41 Å². The Bertz CT molecular complexity index is 399. The lowest BCUT2D eigenvalue weighted by atomic mass is 9.81. The summed E-state index contributed by atoms with van der Waals surface area (Å²) in [6.07, 6.45) is 2.75. The molecule has 0 bridgehead atoms. The summed E-state index contributed by atoms with van der Waals surface area (Å²) in [5.41, 5.74) is -0.282. The molecule has 5 nitrogen and oxygen atoms in total. The van der Waals surface area contributed by atoms with Gasteiger partial charge in [-0.15, -0.1) is 0 Å². The monoisotopic (exact) mass is 274 g/mol. The van der Waals surface area contributed by atoms with Crippen molar-refractivity contribution in [2.24, 2.45) is 5.41 Å². The molecule has 2 saturated heterocycles. The van der Waals surface area contributed by atoms with Gasteiger partial charge >= 0.3 is 0 Å². The highest BCUT2D eigenvalue weighted by atomic mass is 32.2. The molecule has 0 radical (unpaired) electrons. The van der Waals surface area contributed by atoms with Gasteiger partial charge < -0.3 is 10.2 Å². The highest BCUT2D eigenvalue weighted by Crippen LogP contribution is 2.33. The average molecular weight is 274 g/mol. The van der Waals surface area contributed by atoms with Crippen LogP contribution in [0.2, 0.25) is 0 Å². The van der Waals surface area contributed by atoms with E-state index in [0.29, 0.717) is 13.1 Å². The number of carbonyl (C=O) groups is 1. The maximum Gasteiger partial charge on any atom is 0.230 e. The molecule has 104 valence electrons. The van der Waals surface area contributed by atoms with E-state index in [2.05, 4.69) is 12.2 Å². The molecule has 6 heteroatoms. The van der Waals surface area contributed by atoms with Gasteiger partial charge in [-0.05, 0) is 19.4 Å². The lowest BCUT2D eigenvalue weighted by Crippen LogP contribution is -2.51. The second-order valence-electron chi connectivity index (χ2n) is 5.40. The number of nitrogens with zero attached hydrogens (tertiary/aromatic N) is 1. The molecule has 0 aliphatic carbocycles. The van der Waals surface area contributed by atoms with E-state index in [4.69, 9.17) is 0 Å². The van der Waals surface area contributed by atoms with Gasteiger partial charge in [0.05, 0.1) is 16.9 Å². The Labute approximate surface area is 109 Å². The molecule has 2 heterocycles. The van der Waals surface area contributed by atoms with Crippen LogP contribution >= 0.6 is 0 Å². The lowest BCUT2D eigenvalue weighted by Gasteiger charge is -2.35. The van der Waals surface area contributed by atoms with Crippen molar-refractivity contribution in [3.8, 4) is 0 Å². The van der Waals surface area contributed by atoms with E-state index in [-0.39, 0.29) is 22.8 Å². The first-order chi connectivity index (χ1) is 8.49. The summed E-state index contributed by atoms with van der Waals surface area (Å²) in [5.74, 6) is 0.396. The molecule has 0 aromatic heterocycles. The molecule has 1 N–H and O–H groups in total. The summed E-state index contributed by atoms with van der Waals surface area (Å²) in [6, 6.07) is 0. The summed E-state index contributed by atoms with van der Waals surface area (Å²) in [5, 5.41) is 3.27. The Kier molecular flexibility index (Phi) is 3.96. The number of amides is 1. The zero-order valence-corrected chi connectivity index (χ0v) is 11.8. The zero-order chi connectivity index (χ0) is 13.2. The van der Waals surface area contributed by atoms with Crippen molar-refractivity contribution in [1.82, 2.24) is 10.2 Å². The number of carbonyl (C=O) groups excluding carboxylic acids is 1. The molecule has 2 fully saturated rings. The maximum absolute atomic E-state index is 12.6. The van der Waals surface area contributed by atoms with Crippen molar-refractivity contribution in [2.45, 2.75) is 26.2 Å². The highest BCUT2D eigenvalue weighted by molar-refractivity contribution is 7.91. The van der Waals surface area contributed by atoms with E-state index in [9.17, 15) is 13.2 Å². The van der Waals surface area contributed by atoms with Crippen molar-refractivity contribution in [3.05, 3.63) is 0 Å². The molecule has 2 rings (SSSR count). The number of hydrogen-bond acceptors (Lipinski definition) is 4. The van der Waals surface area contributed by atoms with Crippen LogP contribution in [0.1, 0.15) is 26.2 Å². The number of hydrogen-bond donors (Lipinski definition) is 1. The predicted molar refractivity (Wildman–Crippen MR) is 70.1 cm³/mol. The van der Waals surface area contributed by atoms with Gasteiger partial charge in [-0.2, -0.15) is 0 Å². The standard InChI is InChI=1S/C12H22N2O3S/c1-2-3-12(4-5-13-10-12)11(15)14-6-8-18(16,17)9-7-14/h13H,2-10H2,1H3. The van der Waals surface area contributed by atoms with E-state index < -0.39 is 9.84 Å². The Hall–Kier alpha value is -0.620. The van der Waals surface area contributed by atoms with Crippen LogP contribution in [-0.2, 0) is 14.6 Å². The molecule has 18 heavy (non-hydrogen) atoms. The first-order valence-electron chi connectivity index (χ1n) is 6.70.